The lowest BCUT2D eigenvalue weighted by Crippen LogP contribution is -1.95. The molecule has 0 saturated carbocycles. The molecule has 2 rings (SSSR count). The largest absolute Gasteiger partial charge is 0.475 e. The molecule has 0 radical (unpaired) electrons. The summed E-state index contributed by atoms with van der Waals surface area (Å²) in [5.74, 6) is -0.588. The van der Waals surface area contributed by atoms with Gasteiger partial charge in [-0.1, -0.05) is 32.0 Å². The highest BCUT2D eigenvalue weighted by atomic mass is 16.4. The third-order valence-corrected chi connectivity index (χ3v) is 3.33. The van der Waals surface area contributed by atoms with Crippen LogP contribution in [0.4, 0.5) is 0 Å². The van der Waals surface area contributed by atoms with E-state index in [4.69, 9.17) is 9.52 Å². The van der Waals surface area contributed by atoms with Gasteiger partial charge in [0.15, 0.2) is 0 Å². The van der Waals surface area contributed by atoms with Gasteiger partial charge in [-0.15, -0.1) is 0 Å². The molecule has 2 aromatic rings. The van der Waals surface area contributed by atoms with Crippen molar-refractivity contribution in [3.63, 3.8) is 0 Å². The van der Waals surface area contributed by atoms with Crippen molar-refractivity contribution in [1.29, 1.82) is 0 Å². The van der Waals surface area contributed by atoms with Gasteiger partial charge in [-0.3, -0.25) is 0 Å². The Bertz CT molecular complexity index is 566. The summed E-state index contributed by atoms with van der Waals surface area (Å²) >= 11 is 0. The zero-order valence-electron chi connectivity index (χ0n) is 10.3. The number of hydrogen-bond acceptors (Lipinski definition) is 2. The summed E-state index contributed by atoms with van der Waals surface area (Å²) in [5, 5.41) is 9.96. The Morgan fingerprint density at radius 2 is 2.18 bits per heavy atom. The number of fused-ring (bicyclic) bond motifs is 1. The molecule has 3 nitrogen and oxygen atoms in total. The van der Waals surface area contributed by atoms with Crippen LogP contribution < -0.4 is 0 Å². The van der Waals surface area contributed by atoms with Gasteiger partial charge in [0.1, 0.15) is 5.58 Å². The molecule has 1 heterocycles. The number of aryl methyl sites for hydroxylation is 1. The first-order chi connectivity index (χ1) is 8.06. The maximum atomic E-state index is 11.0. The van der Waals surface area contributed by atoms with Crippen molar-refractivity contribution in [3.8, 4) is 0 Å². The molecular formula is C14H16O3. The Morgan fingerprint density at radius 1 is 1.47 bits per heavy atom. The van der Waals surface area contributed by atoms with Crippen LogP contribution in [0.2, 0.25) is 0 Å². The molecule has 90 valence electrons. The topological polar surface area (TPSA) is 50.4 Å². The van der Waals surface area contributed by atoms with E-state index in [2.05, 4.69) is 13.8 Å². The highest BCUT2D eigenvalue weighted by Crippen LogP contribution is 2.32. The number of furan rings is 1. The van der Waals surface area contributed by atoms with E-state index in [0.29, 0.717) is 11.5 Å². The molecule has 0 saturated heterocycles. The molecule has 1 aromatic heterocycles. The Kier molecular flexibility index (Phi) is 2.92. The van der Waals surface area contributed by atoms with Crippen LogP contribution in [0.25, 0.3) is 11.0 Å². The monoisotopic (exact) mass is 232 g/mol. The van der Waals surface area contributed by atoms with E-state index >= 15 is 0 Å². The second kappa shape index (κ2) is 4.24. The zero-order chi connectivity index (χ0) is 12.6. The van der Waals surface area contributed by atoms with Crippen LogP contribution in [0.3, 0.4) is 0 Å². The lowest BCUT2D eigenvalue weighted by atomic mass is 9.96. The maximum absolute atomic E-state index is 11.0. The molecular weight excluding hydrogens is 216 g/mol. The van der Waals surface area contributed by atoms with E-state index < -0.39 is 5.97 Å². The highest BCUT2D eigenvalue weighted by molar-refractivity contribution is 5.95. The van der Waals surface area contributed by atoms with Crippen LogP contribution in [0.1, 0.15) is 47.9 Å². The Labute approximate surface area is 100 Å². The summed E-state index contributed by atoms with van der Waals surface area (Å²) in [6.45, 7) is 6.01. The normalized spacial score (nSPS) is 12.9. The maximum Gasteiger partial charge on any atom is 0.372 e. The van der Waals surface area contributed by atoms with Gasteiger partial charge in [-0.05, 0) is 24.8 Å². The van der Waals surface area contributed by atoms with Crippen molar-refractivity contribution in [2.75, 3.05) is 0 Å². The number of hydrogen-bond donors (Lipinski definition) is 1. The van der Waals surface area contributed by atoms with E-state index in [9.17, 15) is 4.79 Å². The predicted octanol–water partition coefficient (Wildman–Crippen LogP) is 3.95. The van der Waals surface area contributed by atoms with Crippen LogP contribution in [-0.2, 0) is 0 Å². The third kappa shape index (κ3) is 1.82. The van der Waals surface area contributed by atoms with Crippen molar-refractivity contribution in [2.45, 2.75) is 33.1 Å². The van der Waals surface area contributed by atoms with Gasteiger partial charge in [0.25, 0.3) is 0 Å². The lowest BCUT2D eigenvalue weighted by molar-refractivity contribution is 0.0664. The number of carbonyl (C=O) groups is 1. The quantitative estimate of drug-likeness (QED) is 0.871. The SMILES string of the molecule is CCC(C)c1cccc2c(C)c(C(=O)O)oc12. The molecule has 1 N–H and O–H groups in total. The smallest absolute Gasteiger partial charge is 0.372 e. The number of para-hydroxylation sites is 1. The molecule has 0 aliphatic heterocycles. The molecule has 0 aliphatic carbocycles. The van der Waals surface area contributed by atoms with Crippen molar-refractivity contribution in [2.24, 2.45) is 0 Å². The minimum atomic E-state index is -1.01. The second-order valence-corrected chi connectivity index (χ2v) is 4.39. The average Bonchev–Trinajstić information content (AvgIpc) is 2.66. The zero-order valence-corrected chi connectivity index (χ0v) is 10.3. The van der Waals surface area contributed by atoms with Crippen molar-refractivity contribution in [1.82, 2.24) is 0 Å². The number of carboxylic acid groups (broad SMARTS) is 1. The van der Waals surface area contributed by atoms with Gasteiger partial charge in [-0.25, -0.2) is 4.79 Å². The summed E-state index contributed by atoms with van der Waals surface area (Å²) in [5.41, 5.74) is 2.51. The second-order valence-electron chi connectivity index (χ2n) is 4.39. The van der Waals surface area contributed by atoms with Crippen LogP contribution in [0.15, 0.2) is 22.6 Å². The van der Waals surface area contributed by atoms with Crippen LogP contribution in [-0.4, -0.2) is 11.1 Å². The van der Waals surface area contributed by atoms with E-state index in [1.54, 1.807) is 6.92 Å². The van der Waals surface area contributed by atoms with E-state index in [1.807, 2.05) is 18.2 Å². The first-order valence-corrected chi connectivity index (χ1v) is 5.81. The molecule has 1 unspecified atom stereocenters. The van der Waals surface area contributed by atoms with Gasteiger partial charge in [0.05, 0.1) is 0 Å². The summed E-state index contributed by atoms with van der Waals surface area (Å²) in [7, 11) is 0. The van der Waals surface area contributed by atoms with E-state index in [1.165, 1.54) is 0 Å². The molecule has 0 amide bonds. The number of aromatic carboxylic acids is 1. The van der Waals surface area contributed by atoms with Gasteiger partial charge < -0.3 is 9.52 Å². The minimum absolute atomic E-state index is 0.0516. The number of carboxylic acids is 1. The molecule has 0 aliphatic rings. The van der Waals surface area contributed by atoms with E-state index in [-0.39, 0.29) is 5.76 Å². The Balaban J connectivity index is 2.73. The fourth-order valence-corrected chi connectivity index (χ4v) is 2.08. The van der Waals surface area contributed by atoms with Crippen LogP contribution in [0.5, 0.6) is 0 Å². The van der Waals surface area contributed by atoms with Crippen LogP contribution in [0, 0.1) is 6.92 Å². The molecule has 0 spiro atoms. The fourth-order valence-electron chi connectivity index (χ4n) is 2.08. The van der Waals surface area contributed by atoms with Gasteiger partial charge in [0.2, 0.25) is 5.76 Å². The Hall–Kier alpha value is -1.77. The summed E-state index contributed by atoms with van der Waals surface area (Å²) in [6.07, 6.45) is 1.00. The first kappa shape index (κ1) is 11.7. The average molecular weight is 232 g/mol. The molecule has 0 fully saturated rings. The lowest BCUT2D eigenvalue weighted by Gasteiger charge is -2.08. The summed E-state index contributed by atoms with van der Waals surface area (Å²) in [4.78, 5) is 11.0. The first-order valence-electron chi connectivity index (χ1n) is 5.81. The van der Waals surface area contributed by atoms with Crippen molar-refractivity contribution in [3.05, 3.63) is 35.1 Å². The minimum Gasteiger partial charge on any atom is -0.475 e. The summed E-state index contributed by atoms with van der Waals surface area (Å²) < 4.78 is 5.51. The van der Waals surface area contributed by atoms with Crippen molar-refractivity contribution < 1.29 is 14.3 Å². The molecule has 1 aromatic carbocycles. The highest BCUT2D eigenvalue weighted by Gasteiger charge is 2.19. The Morgan fingerprint density at radius 3 is 2.76 bits per heavy atom. The molecule has 17 heavy (non-hydrogen) atoms. The van der Waals surface area contributed by atoms with E-state index in [0.717, 1.165) is 23.0 Å². The predicted molar refractivity (Wildman–Crippen MR) is 66.6 cm³/mol. The van der Waals surface area contributed by atoms with Crippen LogP contribution >= 0.6 is 0 Å². The molecule has 1 atom stereocenters. The third-order valence-electron chi connectivity index (χ3n) is 3.33. The standard InChI is InChI=1S/C14H16O3/c1-4-8(2)10-6-5-7-11-9(3)12(14(15)16)17-13(10)11/h5-8H,4H2,1-3H3,(H,15,16). The van der Waals surface area contributed by atoms with Crippen molar-refractivity contribution >= 4 is 16.9 Å². The van der Waals surface area contributed by atoms with Gasteiger partial charge >= 0.3 is 5.97 Å². The van der Waals surface area contributed by atoms with Gasteiger partial charge in [0, 0.05) is 10.9 Å². The number of benzene rings is 1. The number of rotatable bonds is 3. The van der Waals surface area contributed by atoms with Gasteiger partial charge in [-0.2, -0.15) is 0 Å². The fraction of sp³-hybridized carbons (Fsp3) is 0.357. The molecule has 0 bridgehead atoms. The summed E-state index contributed by atoms with van der Waals surface area (Å²) in [6, 6.07) is 5.87. The molecule has 3 heteroatoms.